The monoisotopic (exact) mass is 217 g/mol. The largest absolute Gasteiger partial charge is 0.508 e. The van der Waals surface area contributed by atoms with Gasteiger partial charge in [0.15, 0.2) is 5.88 Å². The first-order chi connectivity index (χ1) is 7.76. The molecule has 0 amide bonds. The molecule has 1 aromatic carbocycles. The van der Waals surface area contributed by atoms with Crippen LogP contribution in [0.4, 0.5) is 0 Å². The summed E-state index contributed by atoms with van der Waals surface area (Å²) < 4.78 is 7.37. The molecule has 0 atom stereocenters. The number of hydrogen-bond donors (Lipinski definition) is 1. The molecule has 0 unspecified atom stereocenters. The maximum atomic E-state index is 9.25. The average molecular weight is 217 g/mol. The summed E-state index contributed by atoms with van der Waals surface area (Å²) in [6.45, 7) is 2.93. The molecule has 16 heavy (non-hydrogen) atoms. The molecule has 0 aliphatic carbocycles. The van der Waals surface area contributed by atoms with Gasteiger partial charge in [0.2, 0.25) is 0 Å². The van der Waals surface area contributed by atoms with Crippen LogP contribution in [0.3, 0.4) is 0 Å². The Hall–Kier alpha value is -1.90. The predicted molar refractivity (Wildman–Crippen MR) is 63.8 cm³/mol. The fourth-order valence-electron chi connectivity index (χ4n) is 1.84. The van der Waals surface area contributed by atoms with Crippen LogP contribution in [0.2, 0.25) is 0 Å². The lowest BCUT2D eigenvalue weighted by molar-refractivity contribution is 0.376. The molecule has 0 aliphatic rings. The average Bonchev–Trinajstić information content (AvgIpc) is 2.72. The molecule has 1 heterocycles. The van der Waals surface area contributed by atoms with E-state index in [4.69, 9.17) is 4.74 Å². The first-order valence-electron chi connectivity index (χ1n) is 5.29. The second-order valence-corrected chi connectivity index (χ2v) is 3.55. The Kier molecular flexibility index (Phi) is 2.86. The second-order valence-electron chi connectivity index (χ2n) is 3.55. The number of rotatable bonds is 3. The van der Waals surface area contributed by atoms with E-state index in [1.807, 2.05) is 24.3 Å². The standard InChI is InChI=1S/C13H15NO2/c1-3-14-12(8-9-13(14)16-2)10-4-6-11(15)7-5-10/h4-9,15H,3H2,1-2H3. The van der Waals surface area contributed by atoms with Gasteiger partial charge in [0, 0.05) is 12.6 Å². The fraction of sp³-hybridized carbons (Fsp3) is 0.231. The van der Waals surface area contributed by atoms with Crippen molar-refractivity contribution in [3.8, 4) is 22.9 Å². The van der Waals surface area contributed by atoms with Crippen molar-refractivity contribution in [3.05, 3.63) is 36.4 Å². The molecule has 1 N–H and O–H groups in total. The maximum absolute atomic E-state index is 9.25. The second kappa shape index (κ2) is 4.31. The van der Waals surface area contributed by atoms with Gasteiger partial charge in [0.25, 0.3) is 0 Å². The smallest absolute Gasteiger partial charge is 0.193 e. The number of ether oxygens (including phenoxy) is 1. The van der Waals surface area contributed by atoms with E-state index in [9.17, 15) is 5.11 Å². The summed E-state index contributed by atoms with van der Waals surface area (Å²) in [5.41, 5.74) is 2.17. The van der Waals surface area contributed by atoms with Crippen LogP contribution < -0.4 is 4.74 Å². The van der Waals surface area contributed by atoms with Crippen LogP contribution >= 0.6 is 0 Å². The normalized spacial score (nSPS) is 10.4. The molecule has 2 aromatic rings. The zero-order valence-electron chi connectivity index (χ0n) is 9.47. The Morgan fingerprint density at radius 1 is 1.12 bits per heavy atom. The van der Waals surface area contributed by atoms with Gasteiger partial charge in [-0.15, -0.1) is 0 Å². The fourth-order valence-corrected chi connectivity index (χ4v) is 1.84. The molecule has 0 aliphatic heterocycles. The number of aromatic hydroxyl groups is 1. The summed E-state index contributed by atoms with van der Waals surface area (Å²) in [6.07, 6.45) is 0. The minimum absolute atomic E-state index is 0.283. The van der Waals surface area contributed by atoms with Crippen LogP contribution in [0.15, 0.2) is 36.4 Å². The first-order valence-corrected chi connectivity index (χ1v) is 5.29. The SMILES string of the molecule is CCn1c(OC)ccc1-c1ccc(O)cc1. The van der Waals surface area contributed by atoms with Gasteiger partial charge >= 0.3 is 0 Å². The van der Waals surface area contributed by atoms with Gasteiger partial charge in [0.1, 0.15) is 5.75 Å². The molecular formula is C13H15NO2. The summed E-state index contributed by atoms with van der Waals surface area (Å²) >= 11 is 0. The van der Waals surface area contributed by atoms with Gasteiger partial charge in [-0.25, -0.2) is 0 Å². The molecule has 84 valence electrons. The Labute approximate surface area is 94.9 Å². The van der Waals surface area contributed by atoms with Crippen LogP contribution in [0.25, 0.3) is 11.3 Å². The van der Waals surface area contributed by atoms with Crippen molar-refractivity contribution < 1.29 is 9.84 Å². The molecule has 3 nitrogen and oxygen atoms in total. The van der Waals surface area contributed by atoms with Crippen LogP contribution in [-0.4, -0.2) is 16.8 Å². The Morgan fingerprint density at radius 2 is 1.81 bits per heavy atom. The lowest BCUT2D eigenvalue weighted by Gasteiger charge is -2.10. The highest BCUT2D eigenvalue weighted by Crippen LogP contribution is 2.27. The minimum atomic E-state index is 0.283. The summed E-state index contributed by atoms with van der Waals surface area (Å²) in [4.78, 5) is 0. The number of phenolic OH excluding ortho intramolecular Hbond substituents is 1. The minimum Gasteiger partial charge on any atom is -0.508 e. The molecule has 2 rings (SSSR count). The molecule has 0 bridgehead atoms. The van der Waals surface area contributed by atoms with Crippen molar-refractivity contribution in [2.45, 2.75) is 13.5 Å². The first kappa shape index (κ1) is 10.6. The maximum Gasteiger partial charge on any atom is 0.193 e. The Balaban J connectivity index is 2.47. The quantitative estimate of drug-likeness (QED) is 0.857. The lowest BCUT2D eigenvalue weighted by atomic mass is 10.1. The lowest BCUT2D eigenvalue weighted by Crippen LogP contribution is -1.99. The van der Waals surface area contributed by atoms with Crippen molar-refractivity contribution in [2.24, 2.45) is 0 Å². The zero-order valence-corrected chi connectivity index (χ0v) is 9.47. The van der Waals surface area contributed by atoms with Crippen LogP contribution in [0.5, 0.6) is 11.6 Å². The van der Waals surface area contributed by atoms with Gasteiger partial charge < -0.3 is 14.4 Å². The van der Waals surface area contributed by atoms with E-state index >= 15 is 0 Å². The van der Waals surface area contributed by atoms with Gasteiger partial charge in [-0.1, -0.05) is 0 Å². The molecule has 0 fully saturated rings. The van der Waals surface area contributed by atoms with E-state index in [1.54, 1.807) is 19.2 Å². The summed E-state index contributed by atoms with van der Waals surface area (Å²) in [6, 6.07) is 11.1. The highest BCUT2D eigenvalue weighted by molar-refractivity contribution is 5.62. The Morgan fingerprint density at radius 3 is 2.38 bits per heavy atom. The van der Waals surface area contributed by atoms with Gasteiger partial charge in [-0.05, 0) is 42.8 Å². The highest BCUT2D eigenvalue weighted by atomic mass is 16.5. The van der Waals surface area contributed by atoms with Crippen molar-refractivity contribution in [2.75, 3.05) is 7.11 Å². The van der Waals surface area contributed by atoms with Crippen LogP contribution in [-0.2, 0) is 6.54 Å². The van der Waals surface area contributed by atoms with E-state index in [0.29, 0.717) is 0 Å². The van der Waals surface area contributed by atoms with Crippen LogP contribution in [0.1, 0.15) is 6.92 Å². The Bertz CT molecular complexity index is 471. The molecule has 1 aromatic heterocycles. The molecular weight excluding hydrogens is 202 g/mol. The molecule has 0 radical (unpaired) electrons. The third-order valence-corrected chi connectivity index (χ3v) is 2.63. The van der Waals surface area contributed by atoms with E-state index in [0.717, 1.165) is 23.7 Å². The van der Waals surface area contributed by atoms with Crippen molar-refractivity contribution in [1.82, 2.24) is 4.57 Å². The van der Waals surface area contributed by atoms with E-state index in [1.165, 1.54) is 0 Å². The summed E-state index contributed by atoms with van der Waals surface area (Å²) in [5.74, 6) is 1.14. The number of hydrogen-bond acceptors (Lipinski definition) is 2. The van der Waals surface area contributed by atoms with Crippen LogP contribution in [0, 0.1) is 0 Å². The molecule has 0 spiro atoms. The summed E-state index contributed by atoms with van der Waals surface area (Å²) in [5, 5.41) is 9.25. The highest BCUT2D eigenvalue weighted by Gasteiger charge is 2.08. The van der Waals surface area contributed by atoms with Crippen molar-refractivity contribution >= 4 is 0 Å². The van der Waals surface area contributed by atoms with Gasteiger partial charge in [-0.2, -0.15) is 0 Å². The number of nitrogens with zero attached hydrogens (tertiary/aromatic N) is 1. The number of methoxy groups -OCH3 is 1. The van der Waals surface area contributed by atoms with Gasteiger partial charge in [0.05, 0.1) is 12.8 Å². The molecule has 0 saturated carbocycles. The molecule has 0 saturated heterocycles. The van der Waals surface area contributed by atoms with E-state index in [2.05, 4.69) is 11.5 Å². The van der Waals surface area contributed by atoms with Crippen molar-refractivity contribution in [3.63, 3.8) is 0 Å². The van der Waals surface area contributed by atoms with Crippen molar-refractivity contribution in [1.29, 1.82) is 0 Å². The van der Waals surface area contributed by atoms with E-state index in [-0.39, 0.29) is 5.75 Å². The third-order valence-electron chi connectivity index (χ3n) is 2.63. The number of benzene rings is 1. The summed E-state index contributed by atoms with van der Waals surface area (Å²) in [7, 11) is 1.67. The topological polar surface area (TPSA) is 34.4 Å². The predicted octanol–water partition coefficient (Wildman–Crippen LogP) is 2.89. The van der Waals surface area contributed by atoms with Gasteiger partial charge in [-0.3, -0.25) is 0 Å². The number of phenols is 1. The third kappa shape index (κ3) is 1.76. The number of aromatic nitrogens is 1. The zero-order chi connectivity index (χ0) is 11.5. The molecule has 3 heteroatoms. The van der Waals surface area contributed by atoms with E-state index < -0.39 is 0 Å².